The summed E-state index contributed by atoms with van der Waals surface area (Å²) in [6.45, 7) is 7.09. The number of carbonyl (C=O) groups excluding carboxylic acids is 1. The average molecular weight is 211 g/mol. The van der Waals surface area contributed by atoms with Gasteiger partial charge in [-0.3, -0.25) is 4.79 Å². The maximum atomic E-state index is 11.9. The number of nitrogens with zero attached hydrogens (tertiary/aromatic N) is 1. The van der Waals surface area contributed by atoms with Crippen LogP contribution < -0.4 is 0 Å². The monoisotopic (exact) mass is 211 g/mol. The smallest absolute Gasteiger partial charge is 0.225 e. The Morgan fingerprint density at radius 1 is 1.33 bits per heavy atom. The van der Waals surface area contributed by atoms with Crippen LogP contribution >= 0.6 is 0 Å². The molecule has 1 saturated heterocycles. The lowest BCUT2D eigenvalue weighted by Crippen LogP contribution is -2.66. The van der Waals surface area contributed by atoms with Gasteiger partial charge in [0.15, 0.2) is 0 Å². The number of amides is 1. The molecule has 15 heavy (non-hydrogen) atoms. The maximum Gasteiger partial charge on any atom is 0.225 e. The number of hydrogen-bond acceptors (Lipinski definition) is 2. The van der Waals surface area contributed by atoms with Gasteiger partial charge in [-0.05, 0) is 24.7 Å². The zero-order valence-electron chi connectivity index (χ0n) is 9.86. The normalized spacial score (nSPS) is 26.3. The van der Waals surface area contributed by atoms with E-state index in [1.165, 1.54) is 12.8 Å². The van der Waals surface area contributed by atoms with Gasteiger partial charge in [-0.25, -0.2) is 0 Å². The molecular weight excluding hydrogens is 190 g/mol. The van der Waals surface area contributed by atoms with Crippen LogP contribution in [0.4, 0.5) is 0 Å². The van der Waals surface area contributed by atoms with Crippen LogP contribution in [-0.4, -0.2) is 34.6 Å². The standard InChI is InChI=1S/C12H21NO2/c1-8(2)12(15)6-13(7-12)11(14)9(3)10-4-5-10/h8-10,15H,4-7H2,1-3H3. The summed E-state index contributed by atoms with van der Waals surface area (Å²) in [6.07, 6.45) is 2.41. The number of likely N-dealkylation sites (tertiary alicyclic amines) is 1. The summed E-state index contributed by atoms with van der Waals surface area (Å²) in [7, 11) is 0. The van der Waals surface area contributed by atoms with Crippen LogP contribution in [0.15, 0.2) is 0 Å². The van der Waals surface area contributed by atoms with E-state index in [4.69, 9.17) is 0 Å². The predicted molar refractivity (Wildman–Crippen MR) is 58.3 cm³/mol. The molecule has 1 N–H and O–H groups in total. The molecule has 0 aromatic heterocycles. The van der Waals surface area contributed by atoms with E-state index in [-0.39, 0.29) is 17.7 Å². The molecule has 1 aliphatic heterocycles. The molecule has 0 spiro atoms. The second-order valence-corrected chi connectivity index (χ2v) is 5.58. The minimum atomic E-state index is -0.626. The minimum absolute atomic E-state index is 0.168. The topological polar surface area (TPSA) is 40.5 Å². The third-order valence-corrected chi connectivity index (χ3v) is 4.03. The largest absolute Gasteiger partial charge is 0.386 e. The summed E-state index contributed by atoms with van der Waals surface area (Å²) < 4.78 is 0. The van der Waals surface area contributed by atoms with Crippen LogP contribution in [0.2, 0.25) is 0 Å². The van der Waals surface area contributed by atoms with E-state index in [1.54, 1.807) is 0 Å². The Bertz CT molecular complexity index is 265. The highest BCUT2D eigenvalue weighted by Crippen LogP contribution is 2.39. The van der Waals surface area contributed by atoms with Gasteiger partial charge in [0, 0.05) is 5.92 Å². The summed E-state index contributed by atoms with van der Waals surface area (Å²) >= 11 is 0. The maximum absolute atomic E-state index is 11.9. The molecule has 1 unspecified atom stereocenters. The summed E-state index contributed by atoms with van der Waals surface area (Å²) in [5.41, 5.74) is -0.626. The number of β-amino-alcohol motifs (C(OH)–C–C–N with tert-alkyl or cyclic N) is 1. The summed E-state index contributed by atoms with van der Waals surface area (Å²) in [5, 5.41) is 10.0. The van der Waals surface area contributed by atoms with Gasteiger partial charge in [-0.15, -0.1) is 0 Å². The lowest BCUT2D eigenvalue weighted by atomic mass is 9.82. The van der Waals surface area contributed by atoms with Gasteiger partial charge in [0.2, 0.25) is 5.91 Å². The molecular formula is C12H21NO2. The van der Waals surface area contributed by atoms with Crippen LogP contribution in [-0.2, 0) is 4.79 Å². The Morgan fingerprint density at radius 3 is 2.27 bits per heavy atom. The van der Waals surface area contributed by atoms with Crippen molar-refractivity contribution in [3.05, 3.63) is 0 Å². The molecule has 2 fully saturated rings. The molecule has 1 amide bonds. The van der Waals surface area contributed by atoms with Crippen LogP contribution in [0.1, 0.15) is 33.6 Å². The highest BCUT2D eigenvalue weighted by molar-refractivity contribution is 5.80. The first-order chi connectivity index (χ1) is 6.94. The Kier molecular flexibility index (Phi) is 2.53. The Labute approximate surface area is 91.5 Å². The van der Waals surface area contributed by atoms with Gasteiger partial charge in [0.25, 0.3) is 0 Å². The summed E-state index contributed by atoms with van der Waals surface area (Å²) in [5.74, 6) is 1.26. The lowest BCUT2D eigenvalue weighted by Gasteiger charge is -2.49. The number of rotatable bonds is 3. The Hall–Kier alpha value is -0.570. The molecule has 3 nitrogen and oxygen atoms in total. The highest BCUT2D eigenvalue weighted by atomic mass is 16.3. The zero-order valence-corrected chi connectivity index (χ0v) is 9.86. The lowest BCUT2D eigenvalue weighted by molar-refractivity contribution is -0.167. The molecule has 0 radical (unpaired) electrons. The van der Waals surface area contributed by atoms with E-state index < -0.39 is 5.60 Å². The van der Waals surface area contributed by atoms with Crippen molar-refractivity contribution in [3.8, 4) is 0 Å². The van der Waals surface area contributed by atoms with Gasteiger partial charge in [-0.2, -0.15) is 0 Å². The molecule has 0 bridgehead atoms. The second-order valence-electron chi connectivity index (χ2n) is 5.58. The van der Waals surface area contributed by atoms with Crippen molar-refractivity contribution in [2.24, 2.45) is 17.8 Å². The summed E-state index contributed by atoms with van der Waals surface area (Å²) in [4.78, 5) is 13.7. The van der Waals surface area contributed by atoms with E-state index >= 15 is 0 Å². The van der Waals surface area contributed by atoms with E-state index in [0.717, 1.165) is 0 Å². The van der Waals surface area contributed by atoms with E-state index in [0.29, 0.717) is 19.0 Å². The predicted octanol–water partition coefficient (Wildman–Crippen LogP) is 1.26. The van der Waals surface area contributed by atoms with Gasteiger partial charge >= 0.3 is 0 Å². The average Bonchev–Trinajstić information content (AvgIpc) is 2.93. The van der Waals surface area contributed by atoms with Gasteiger partial charge < -0.3 is 10.0 Å². The van der Waals surface area contributed by atoms with Crippen molar-refractivity contribution in [3.63, 3.8) is 0 Å². The third-order valence-electron chi connectivity index (χ3n) is 4.03. The van der Waals surface area contributed by atoms with Gasteiger partial charge in [-0.1, -0.05) is 20.8 Å². The first kappa shape index (κ1) is 10.9. The number of aliphatic hydroxyl groups is 1. The van der Waals surface area contributed by atoms with Gasteiger partial charge in [0.1, 0.15) is 5.60 Å². The van der Waals surface area contributed by atoms with Crippen LogP contribution in [0.25, 0.3) is 0 Å². The molecule has 3 heteroatoms. The van der Waals surface area contributed by atoms with Crippen LogP contribution in [0.5, 0.6) is 0 Å². The summed E-state index contributed by atoms with van der Waals surface area (Å²) in [6, 6.07) is 0. The molecule has 1 heterocycles. The molecule has 2 aliphatic rings. The van der Waals surface area contributed by atoms with E-state index in [2.05, 4.69) is 0 Å². The third kappa shape index (κ3) is 1.89. The van der Waals surface area contributed by atoms with Crippen molar-refractivity contribution in [1.82, 2.24) is 4.90 Å². The molecule has 0 aromatic carbocycles. The molecule has 86 valence electrons. The molecule has 0 aromatic rings. The van der Waals surface area contributed by atoms with Crippen LogP contribution in [0, 0.1) is 17.8 Å². The van der Waals surface area contributed by atoms with Crippen molar-refractivity contribution in [1.29, 1.82) is 0 Å². The Balaban J connectivity index is 1.85. The second kappa shape index (κ2) is 3.48. The minimum Gasteiger partial charge on any atom is -0.386 e. The first-order valence-electron chi connectivity index (χ1n) is 5.95. The fourth-order valence-corrected chi connectivity index (χ4v) is 2.22. The highest BCUT2D eigenvalue weighted by Gasteiger charge is 2.48. The SMILES string of the molecule is CC(C(=O)N1CC(O)(C(C)C)C1)C1CC1. The fourth-order valence-electron chi connectivity index (χ4n) is 2.22. The number of carbonyl (C=O) groups is 1. The molecule has 1 saturated carbocycles. The van der Waals surface area contributed by atoms with Crippen molar-refractivity contribution < 1.29 is 9.90 Å². The van der Waals surface area contributed by atoms with Crippen molar-refractivity contribution in [2.75, 3.05) is 13.1 Å². The zero-order chi connectivity index (χ0) is 11.2. The van der Waals surface area contributed by atoms with Crippen LogP contribution in [0.3, 0.4) is 0 Å². The van der Waals surface area contributed by atoms with Gasteiger partial charge in [0.05, 0.1) is 13.1 Å². The molecule has 1 atom stereocenters. The van der Waals surface area contributed by atoms with E-state index in [1.807, 2.05) is 25.7 Å². The van der Waals surface area contributed by atoms with Crippen molar-refractivity contribution >= 4 is 5.91 Å². The first-order valence-corrected chi connectivity index (χ1v) is 5.95. The van der Waals surface area contributed by atoms with E-state index in [9.17, 15) is 9.90 Å². The quantitative estimate of drug-likeness (QED) is 0.763. The molecule has 2 rings (SSSR count). The Morgan fingerprint density at radius 2 is 1.87 bits per heavy atom. The van der Waals surface area contributed by atoms with Crippen molar-refractivity contribution in [2.45, 2.75) is 39.2 Å². The fraction of sp³-hybridized carbons (Fsp3) is 0.917. The number of hydrogen-bond donors (Lipinski definition) is 1. The molecule has 1 aliphatic carbocycles.